The zero-order valence-electron chi connectivity index (χ0n) is 11.8. The Kier molecular flexibility index (Phi) is 6.16. The van der Waals surface area contributed by atoms with E-state index < -0.39 is 0 Å². The average molecular weight is 277 g/mol. The minimum atomic E-state index is -0.385. The first-order valence-electron chi connectivity index (χ1n) is 6.43. The largest absolute Gasteiger partial charge is 0.369 e. The molecular formula is C15H20FN3O. The van der Waals surface area contributed by atoms with Crippen molar-refractivity contribution in [3.05, 3.63) is 35.1 Å². The minimum absolute atomic E-state index is 0.158. The fourth-order valence-corrected chi connectivity index (χ4v) is 1.77. The number of carbonyl (C=O) groups is 1. The summed E-state index contributed by atoms with van der Waals surface area (Å²) in [6.07, 6.45) is 0. The lowest BCUT2D eigenvalue weighted by Crippen LogP contribution is -2.37. The maximum Gasteiger partial charge on any atom is 0.231 e. The molecule has 0 aliphatic rings. The van der Waals surface area contributed by atoms with Gasteiger partial charge in [0.05, 0.1) is 18.7 Å². The molecule has 1 rings (SSSR count). The summed E-state index contributed by atoms with van der Waals surface area (Å²) >= 11 is 0. The number of primary amides is 1. The number of carbonyl (C=O) groups excluding carboxylic acids is 1. The predicted molar refractivity (Wildman–Crippen MR) is 77.1 cm³/mol. The maximum atomic E-state index is 13.6. The van der Waals surface area contributed by atoms with Gasteiger partial charge in [0.15, 0.2) is 0 Å². The predicted octanol–water partition coefficient (Wildman–Crippen LogP) is 0.832. The Balaban J connectivity index is 2.93. The molecular weight excluding hydrogens is 257 g/mol. The molecule has 0 saturated carbocycles. The van der Waals surface area contributed by atoms with Gasteiger partial charge in [-0.3, -0.25) is 9.69 Å². The smallest absolute Gasteiger partial charge is 0.231 e. The lowest BCUT2D eigenvalue weighted by atomic mass is 10.1. The molecule has 108 valence electrons. The van der Waals surface area contributed by atoms with E-state index in [0.717, 1.165) is 5.56 Å². The first-order chi connectivity index (χ1) is 9.43. The summed E-state index contributed by atoms with van der Waals surface area (Å²) in [5, 5.41) is 0. The molecule has 0 radical (unpaired) electrons. The van der Waals surface area contributed by atoms with E-state index >= 15 is 0 Å². The first kappa shape index (κ1) is 16.2. The van der Waals surface area contributed by atoms with Crippen LogP contribution in [0.5, 0.6) is 0 Å². The second-order valence-electron chi connectivity index (χ2n) is 4.79. The Morgan fingerprint density at radius 3 is 2.70 bits per heavy atom. The average Bonchev–Trinajstić information content (AvgIpc) is 2.37. The molecule has 0 heterocycles. The van der Waals surface area contributed by atoms with E-state index in [0.29, 0.717) is 12.1 Å². The van der Waals surface area contributed by atoms with E-state index in [9.17, 15) is 9.18 Å². The summed E-state index contributed by atoms with van der Waals surface area (Å²) in [7, 11) is 0. The third-order valence-corrected chi connectivity index (χ3v) is 2.83. The zero-order chi connectivity index (χ0) is 15.1. The molecule has 0 saturated heterocycles. The molecule has 4 N–H and O–H groups in total. The van der Waals surface area contributed by atoms with E-state index in [1.807, 2.05) is 18.7 Å². The van der Waals surface area contributed by atoms with Gasteiger partial charge in [-0.2, -0.15) is 0 Å². The van der Waals surface area contributed by atoms with Crippen molar-refractivity contribution < 1.29 is 9.18 Å². The van der Waals surface area contributed by atoms with Crippen LogP contribution in [0.25, 0.3) is 0 Å². The van der Waals surface area contributed by atoms with Gasteiger partial charge in [-0.25, -0.2) is 4.39 Å². The number of hydrogen-bond acceptors (Lipinski definition) is 3. The SMILES string of the molecule is CC(C)N(CC(N)=O)Cc1ccc(F)c(C#CCN)c1. The van der Waals surface area contributed by atoms with Gasteiger partial charge in [0.25, 0.3) is 0 Å². The Hall–Kier alpha value is -1.90. The molecule has 0 aliphatic heterocycles. The van der Waals surface area contributed by atoms with Gasteiger partial charge in [0.1, 0.15) is 5.82 Å². The Labute approximate surface area is 118 Å². The summed E-state index contributed by atoms with van der Waals surface area (Å²) in [5.41, 5.74) is 11.7. The highest BCUT2D eigenvalue weighted by Crippen LogP contribution is 2.13. The number of rotatable bonds is 5. The summed E-state index contributed by atoms with van der Waals surface area (Å²) in [6.45, 7) is 4.81. The zero-order valence-corrected chi connectivity index (χ0v) is 11.8. The highest BCUT2D eigenvalue weighted by atomic mass is 19.1. The second-order valence-corrected chi connectivity index (χ2v) is 4.79. The van der Waals surface area contributed by atoms with Gasteiger partial charge in [-0.15, -0.1) is 0 Å². The van der Waals surface area contributed by atoms with Crippen molar-refractivity contribution in [3.8, 4) is 11.8 Å². The van der Waals surface area contributed by atoms with Crippen molar-refractivity contribution >= 4 is 5.91 Å². The fraction of sp³-hybridized carbons (Fsp3) is 0.400. The molecule has 5 heteroatoms. The topological polar surface area (TPSA) is 72.3 Å². The van der Waals surface area contributed by atoms with Gasteiger partial charge in [-0.1, -0.05) is 17.9 Å². The van der Waals surface area contributed by atoms with Crippen molar-refractivity contribution in [2.75, 3.05) is 13.1 Å². The maximum absolute atomic E-state index is 13.6. The van der Waals surface area contributed by atoms with Gasteiger partial charge in [0, 0.05) is 12.6 Å². The minimum Gasteiger partial charge on any atom is -0.369 e. The molecule has 4 nitrogen and oxygen atoms in total. The van der Waals surface area contributed by atoms with Crippen LogP contribution in [-0.4, -0.2) is 29.9 Å². The number of hydrogen-bond donors (Lipinski definition) is 2. The fourth-order valence-electron chi connectivity index (χ4n) is 1.77. The normalized spacial score (nSPS) is 10.5. The van der Waals surface area contributed by atoms with Crippen molar-refractivity contribution in [2.45, 2.75) is 26.4 Å². The molecule has 0 fully saturated rings. The van der Waals surface area contributed by atoms with E-state index in [2.05, 4.69) is 11.8 Å². The number of amides is 1. The van der Waals surface area contributed by atoms with Crippen LogP contribution in [0, 0.1) is 17.7 Å². The van der Waals surface area contributed by atoms with E-state index in [-0.39, 0.29) is 30.9 Å². The van der Waals surface area contributed by atoms with E-state index in [1.165, 1.54) is 6.07 Å². The number of halogens is 1. The van der Waals surface area contributed by atoms with Crippen molar-refractivity contribution in [1.29, 1.82) is 0 Å². The summed E-state index contributed by atoms with van der Waals surface area (Å²) < 4.78 is 13.6. The van der Waals surface area contributed by atoms with E-state index in [1.54, 1.807) is 12.1 Å². The van der Waals surface area contributed by atoms with Crippen molar-refractivity contribution in [3.63, 3.8) is 0 Å². The molecule has 1 aromatic rings. The summed E-state index contributed by atoms with van der Waals surface area (Å²) in [6, 6.07) is 4.89. The molecule has 0 unspecified atom stereocenters. The third-order valence-electron chi connectivity index (χ3n) is 2.83. The lowest BCUT2D eigenvalue weighted by Gasteiger charge is -2.25. The van der Waals surface area contributed by atoms with Crippen molar-refractivity contribution in [2.24, 2.45) is 11.5 Å². The highest BCUT2D eigenvalue weighted by molar-refractivity contribution is 5.75. The lowest BCUT2D eigenvalue weighted by molar-refractivity contribution is -0.119. The standard InChI is InChI=1S/C15H20FN3O/c1-11(2)19(10-15(18)20)9-12-5-6-14(16)13(8-12)4-3-7-17/h5-6,8,11H,7,9-10,17H2,1-2H3,(H2,18,20). The van der Waals surface area contributed by atoms with Gasteiger partial charge in [0.2, 0.25) is 5.91 Å². The third kappa shape index (κ3) is 5.00. The molecule has 0 bridgehead atoms. The quantitative estimate of drug-likeness (QED) is 0.783. The molecule has 0 spiro atoms. The van der Waals surface area contributed by atoms with Crippen molar-refractivity contribution in [1.82, 2.24) is 4.90 Å². The van der Waals surface area contributed by atoms with Crippen LogP contribution in [0.15, 0.2) is 18.2 Å². The molecule has 20 heavy (non-hydrogen) atoms. The highest BCUT2D eigenvalue weighted by Gasteiger charge is 2.13. The molecule has 0 atom stereocenters. The Bertz CT molecular complexity index is 532. The van der Waals surface area contributed by atoms with Crippen LogP contribution in [-0.2, 0) is 11.3 Å². The number of benzene rings is 1. The van der Waals surface area contributed by atoms with E-state index in [4.69, 9.17) is 11.5 Å². The Morgan fingerprint density at radius 1 is 1.45 bits per heavy atom. The first-order valence-corrected chi connectivity index (χ1v) is 6.43. The summed E-state index contributed by atoms with van der Waals surface area (Å²) in [4.78, 5) is 13.0. The van der Waals surface area contributed by atoms with Crippen LogP contribution >= 0.6 is 0 Å². The van der Waals surface area contributed by atoms with Crippen LogP contribution in [0.3, 0.4) is 0 Å². The second kappa shape index (κ2) is 7.63. The number of nitrogens with two attached hydrogens (primary N) is 2. The molecule has 0 aromatic heterocycles. The van der Waals surface area contributed by atoms with Gasteiger partial charge < -0.3 is 11.5 Å². The van der Waals surface area contributed by atoms with Gasteiger partial charge in [-0.05, 0) is 31.5 Å². The van der Waals surface area contributed by atoms with Crippen LogP contribution < -0.4 is 11.5 Å². The Morgan fingerprint density at radius 2 is 2.15 bits per heavy atom. The summed E-state index contributed by atoms with van der Waals surface area (Å²) in [5.74, 6) is 4.57. The van der Waals surface area contributed by atoms with Crippen LogP contribution in [0.2, 0.25) is 0 Å². The molecule has 1 aromatic carbocycles. The monoisotopic (exact) mass is 277 g/mol. The van der Waals surface area contributed by atoms with Crippen LogP contribution in [0.4, 0.5) is 4.39 Å². The molecule has 0 aliphatic carbocycles. The number of nitrogens with zero attached hydrogens (tertiary/aromatic N) is 1. The molecule has 1 amide bonds. The van der Waals surface area contributed by atoms with Gasteiger partial charge >= 0.3 is 0 Å². The van der Waals surface area contributed by atoms with Crippen LogP contribution in [0.1, 0.15) is 25.0 Å².